The molecule has 19 heavy (non-hydrogen) atoms. The Labute approximate surface area is 115 Å². The molecule has 4 heteroatoms. The van der Waals surface area contributed by atoms with E-state index in [1.165, 1.54) is 0 Å². The van der Waals surface area contributed by atoms with Gasteiger partial charge >= 0.3 is 0 Å². The van der Waals surface area contributed by atoms with Crippen LogP contribution in [0.1, 0.15) is 59.3 Å². The van der Waals surface area contributed by atoms with Crippen molar-refractivity contribution in [2.75, 3.05) is 6.54 Å². The number of nitrogens with one attached hydrogen (secondary N) is 1. The lowest BCUT2D eigenvalue weighted by Gasteiger charge is -2.26. The van der Waals surface area contributed by atoms with E-state index in [-0.39, 0.29) is 23.4 Å². The average Bonchev–Trinajstić information content (AvgIpc) is 2.93. The molecular formula is C15H26N2O2. The molecule has 1 atom stereocenters. The molecule has 4 nitrogen and oxygen atoms in total. The van der Waals surface area contributed by atoms with Crippen molar-refractivity contribution in [3.05, 3.63) is 0 Å². The third-order valence-corrected chi connectivity index (χ3v) is 4.38. The van der Waals surface area contributed by atoms with Crippen LogP contribution in [-0.4, -0.2) is 34.8 Å². The van der Waals surface area contributed by atoms with Gasteiger partial charge in [0, 0.05) is 18.5 Å². The summed E-state index contributed by atoms with van der Waals surface area (Å²) in [6.07, 6.45) is 5.47. The van der Waals surface area contributed by atoms with Crippen LogP contribution in [0, 0.1) is 5.92 Å². The summed E-state index contributed by atoms with van der Waals surface area (Å²) in [5, 5.41) is 3.16. The maximum Gasteiger partial charge on any atom is 0.243 e. The Morgan fingerprint density at radius 1 is 1.37 bits per heavy atom. The van der Waals surface area contributed by atoms with Gasteiger partial charge in [-0.2, -0.15) is 0 Å². The normalized spacial score (nSPS) is 24.6. The standard InChI is InChI=1S/C15H26N2O2/c1-4-15(7-8-15)16-14(19)12-6-5-9-17(12)13(18)10-11(2)3/h11-12H,4-10H2,1-3H3,(H,16,19). The van der Waals surface area contributed by atoms with Crippen LogP contribution in [0.15, 0.2) is 0 Å². The van der Waals surface area contributed by atoms with E-state index in [0.717, 1.165) is 38.6 Å². The molecule has 2 fully saturated rings. The first kappa shape index (κ1) is 14.4. The molecule has 1 N–H and O–H groups in total. The van der Waals surface area contributed by atoms with Crippen molar-refractivity contribution < 1.29 is 9.59 Å². The largest absolute Gasteiger partial charge is 0.349 e. The zero-order valence-electron chi connectivity index (χ0n) is 12.4. The predicted molar refractivity (Wildman–Crippen MR) is 74.6 cm³/mol. The van der Waals surface area contributed by atoms with Crippen molar-refractivity contribution in [3.63, 3.8) is 0 Å². The Morgan fingerprint density at radius 3 is 2.58 bits per heavy atom. The summed E-state index contributed by atoms with van der Waals surface area (Å²) in [5.74, 6) is 0.546. The minimum Gasteiger partial charge on any atom is -0.349 e. The number of hydrogen-bond donors (Lipinski definition) is 1. The van der Waals surface area contributed by atoms with Crippen LogP contribution >= 0.6 is 0 Å². The third-order valence-electron chi connectivity index (χ3n) is 4.38. The van der Waals surface area contributed by atoms with Crippen LogP contribution in [0.2, 0.25) is 0 Å². The van der Waals surface area contributed by atoms with Crippen LogP contribution in [0.5, 0.6) is 0 Å². The molecule has 0 aromatic heterocycles. The van der Waals surface area contributed by atoms with E-state index in [4.69, 9.17) is 0 Å². The fourth-order valence-corrected chi connectivity index (χ4v) is 2.87. The lowest BCUT2D eigenvalue weighted by Crippen LogP contribution is -2.49. The van der Waals surface area contributed by atoms with Gasteiger partial charge in [0.25, 0.3) is 0 Å². The molecule has 0 aromatic rings. The molecular weight excluding hydrogens is 240 g/mol. The van der Waals surface area contributed by atoms with Crippen LogP contribution < -0.4 is 5.32 Å². The van der Waals surface area contributed by atoms with Crippen LogP contribution in [-0.2, 0) is 9.59 Å². The Hall–Kier alpha value is -1.06. The summed E-state index contributed by atoms with van der Waals surface area (Å²) in [7, 11) is 0. The predicted octanol–water partition coefficient (Wildman–Crippen LogP) is 2.08. The number of carbonyl (C=O) groups is 2. The molecule has 1 aliphatic heterocycles. The van der Waals surface area contributed by atoms with Gasteiger partial charge in [-0.15, -0.1) is 0 Å². The van der Waals surface area contributed by atoms with Gasteiger partial charge in [0.05, 0.1) is 0 Å². The zero-order valence-corrected chi connectivity index (χ0v) is 12.4. The summed E-state index contributed by atoms with van der Waals surface area (Å²) < 4.78 is 0. The van der Waals surface area contributed by atoms with Gasteiger partial charge in [-0.3, -0.25) is 9.59 Å². The Morgan fingerprint density at radius 2 is 2.05 bits per heavy atom. The van der Waals surface area contributed by atoms with Crippen LogP contribution in [0.25, 0.3) is 0 Å². The molecule has 108 valence electrons. The van der Waals surface area contributed by atoms with E-state index in [2.05, 4.69) is 12.2 Å². The molecule has 0 spiro atoms. The summed E-state index contributed by atoms with van der Waals surface area (Å²) in [4.78, 5) is 26.3. The van der Waals surface area contributed by atoms with Crippen molar-refractivity contribution in [3.8, 4) is 0 Å². The quantitative estimate of drug-likeness (QED) is 0.828. The highest BCUT2D eigenvalue weighted by atomic mass is 16.2. The first-order valence-corrected chi connectivity index (χ1v) is 7.59. The SMILES string of the molecule is CCC1(NC(=O)C2CCCN2C(=O)CC(C)C)CC1. The summed E-state index contributed by atoms with van der Waals surface area (Å²) in [6.45, 7) is 6.94. The molecule has 0 radical (unpaired) electrons. The summed E-state index contributed by atoms with van der Waals surface area (Å²) in [6, 6.07) is -0.227. The van der Waals surface area contributed by atoms with Gasteiger partial charge in [-0.05, 0) is 38.0 Å². The van der Waals surface area contributed by atoms with E-state index >= 15 is 0 Å². The molecule has 0 aromatic carbocycles. The number of rotatable bonds is 5. The molecule has 0 bridgehead atoms. The minimum absolute atomic E-state index is 0.0481. The third kappa shape index (κ3) is 3.28. The Bertz CT molecular complexity index is 361. The molecule has 1 saturated heterocycles. The molecule has 1 unspecified atom stereocenters. The highest BCUT2D eigenvalue weighted by Crippen LogP contribution is 2.38. The van der Waals surface area contributed by atoms with Gasteiger partial charge < -0.3 is 10.2 Å². The monoisotopic (exact) mass is 266 g/mol. The minimum atomic E-state index is -0.227. The summed E-state index contributed by atoms with van der Waals surface area (Å²) in [5.41, 5.74) is 0.0481. The number of hydrogen-bond acceptors (Lipinski definition) is 2. The Balaban J connectivity index is 1.94. The highest BCUT2D eigenvalue weighted by Gasteiger charge is 2.44. The number of likely N-dealkylation sites (tertiary alicyclic amines) is 1. The molecule has 1 heterocycles. The van der Waals surface area contributed by atoms with Crippen LogP contribution in [0.3, 0.4) is 0 Å². The van der Waals surface area contributed by atoms with Crippen LogP contribution in [0.4, 0.5) is 0 Å². The van der Waals surface area contributed by atoms with Gasteiger partial charge in [0.15, 0.2) is 0 Å². The van der Waals surface area contributed by atoms with Crippen molar-refractivity contribution in [1.29, 1.82) is 0 Å². The molecule has 2 amide bonds. The van der Waals surface area contributed by atoms with Gasteiger partial charge in [-0.25, -0.2) is 0 Å². The fraction of sp³-hybridized carbons (Fsp3) is 0.867. The van der Waals surface area contributed by atoms with Crippen molar-refractivity contribution in [1.82, 2.24) is 10.2 Å². The van der Waals surface area contributed by atoms with E-state index < -0.39 is 0 Å². The molecule has 2 aliphatic rings. The molecule has 1 saturated carbocycles. The van der Waals surface area contributed by atoms with E-state index in [0.29, 0.717) is 12.3 Å². The lowest BCUT2D eigenvalue weighted by atomic mass is 10.1. The first-order valence-electron chi connectivity index (χ1n) is 7.59. The maximum atomic E-state index is 12.4. The topological polar surface area (TPSA) is 49.4 Å². The maximum absolute atomic E-state index is 12.4. The number of nitrogens with zero attached hydrogens (tertiary/aromatic N) is 1. The van der Waals surface area contributed by atoms with Crippen molar-refractivity contribution in [2.45, 2.75) is 70.9 Å². The van der Waals surface area contributed by atoms with Gasteiger partial charge in [0.2, 0.25) is 11.8 Å². The smallest absolute Gasteiger partial charge is 0.243 e. The van der Waals surface area contributed by atoms with Gasteiger partial charge in [0.1, 0.15) is 6.04 Å². The zero-order chi connectivity index (χ0) is 14.0. The van der Waals surface area contributed by atoms with Crippen molar-refractivity contribution >= 4 is 11.8 Å². The van der Waals surface area contributed by atoms with E-state index in [1.807, 2.05) is 13.8 Å². The Kier molecular flexibility index (Phi) is 4.16. The summed E-state index contributed by atoms with van der Waals surface area (Å²) >= 11 is 0. The second kappa shape index (κ2) is 5.51. The fourth-order valence-electron chi connectivity index (χ4n) is 2.87. The van der Waals surface area contributed by atoms with Gasteiger partial charge in [-0.1, -0.05) is 20.8 Å². The number of carbonyl (C=O) groups excluding carboxylic acids is 2. The second-order valence-electron chi connectivity index (χ2n) is 6.47. The van der Waals surface area contributed by atoms with E-state index in [1.54, 1.807) is 4.90 Å². The lowest BCUT2D eigenvalue weighted by molar-refractivity contribution is -0.139. The molecule has 1 aliphatic carbocycles. The van der Waals surface area contributed by atoms with E-state index in [9.17, 15) is 9.59 Å². The second-order valence-corrected chi connectivity index (χ2v) is 6.47. The first-order chi connectivity index (χ1) is 8.97. The molecule has 2 rings (SSSR count). The average molecular weight is 266 g/mol. The highest BCUT2D eigenvalue weighted by molar-refractivity contribution is 5.88. The number of amides is 2. The van der Waals surface area contributed by atoms with Crippen molar-refractivity contribution in [2.24, 2.45) is 5.92 Å².